The van der Waals surface area contributed by atoms with Crippen LogP contribution in [-0.2, 0) is 0 Å². The van der Waals surface area contributed by atoms with Crippen LogP contribution < -0.4 is 5.32 Å². The Morgan fingerprint density at radius 2 is 2.06 bits per heavy atom. The van der Waals surface area contributed by atoms with Gasteiger partial charge >= 0.3 is 0 Å². The predicted octanol–water partition coefficient (Wildman–Crippen LogP) is 3.08. The van der Waals surface area contributed by atoms with Crippen LogP contribution in [0.1, 0.15) is 36.0 Å². The third-order valence-corrected chi connectivity index (χ3v) is 4.23. The van der Waals surface area contributed by atoms with Gasteiger partial charge in [0.2, 0.25) is 0 Å². The minimum Gasteiger partial charge on any atom is -0.508 e. The van der Waals surface area contributed by atoms with Gasteiger partial charge in [0.05, 0.1) is 0 Å². The number of carbonyl (C=O) groups excluding carboxylic acids is 1. The maximum absolute atomic E-state index is 11.9. The Kier molecular flexibility index (Phi) is 4.64. The number of nitrogens with one attached hydrogen (secondary N) is 1. The summed E-state index contributed by atoms with van der Waals surface area (Å²) in [5, 5.41) is 12.1. The molecule has 0 heterocycles. The Bertz CT molecular complexity index is 405. The summed E-state index contributed by atoms with van der Waals surface area (Å²) in [4.78, 5) is 12.5. The molecule has 1 amide bonds. The first-order valence-corrected chi connectivity index (χ1v) is 7.28. The molecular formula is C14H18BrNO2. The van der Waals surface area contributed by atoms with Gasteiger partial charge < -0.3 is 10.4 Å². The number of benzene rings is 1. The van der Waals surface area contributed by atoms with Crippen LogP contribution in [0, 0.1) is 5.92 Å². The highest BCUT2D eigenvalue weighted by Gasteiger charge is 2.20. The van der Waals surface area contributed by atoms with E-state index in [-0.39, 0.29) is 11.7 Å². The van der Waals surface area contributed by atoms with E-state index in [1.807, 2.05) is 0 Å². The summed E-state index contributed by atoms with van der Waals surface area (Å²) in [5.74, 6) is 0.692. The van der Waals surface area contributed by atoms with Gasteiger partial charge in [0.1, 0.15) is 5.75 Å². The van der Waals surface area contributed by atoms with E-state index in [4.69, 9.17) is 5.11 Å². The number of aromatic hydroxyl groups is 1. The van der Waals surface area contributed by atoms with Crippen molar-refractivity contribution in [1.82, 2.24) is 5.32 Å². The van der Waals surface area contributed by atoms with E-state index in [1.165, 1.54) is 31.4 Å². The largest absolute Gasteiger partial charge is 0.508 e. The number of hydrogen-bond acceptors (Lipinski definition) is 2. The van der Waals surface area contributed by atoms with Crippen molar-refractivity contribution in [2.75, 3.05) is 6.54 Å². The standard InChI is InChI=1S/C14H18BrNO2/c15-12-3-1-2-10(8-12)9-16-14(18)11-4-6-13(17)7-5-11/h4-7,10,12,17H,1-3,8-9H2,(H,16,18). The zero-order valence-corrected chi connectivity index (χ0v) is 11.8. The molecule has 98 valence electrons. The van der Waals surface area contributed by atoms with Gasteiger partial charge in [0.25, 0.3) is 5.91 Å². The van der Waals surface area contributed by atoms with Gasteiger partial charge in [-0.3, -0.25) is 4.79 Å². The highest BCUT2D eigenvalue weighted by Crippen LogP contribution is 2.28. The number of amides is 1. The fourth-order valence-electron chi connectivity index (χ4n) is 2.36. The molecule has 0 aromatic heterocycles. The van der Waals surface area contributed by atoms with Crippen molar-refractivity contribution in [1.29, 1.82) is 0 Å². The second-order valence-electron chi connectivity index (χ2n) is 4.89. The van der Waals surface area contributed by atoms with E-state index in [1.54, 1.807) is 12.1 Å². The lowest BCUT2D eigenvalue weighted by Crippen LogP contribution is -2.31. The van der Waals surface area contributed by atoms with Gasteiger partial charge in [-0.25, -0.2) is 0 Å². The summed E-state index contributed by atoms with van der Waals surface area (Å²) in [7, 11) is 0. The Hall–Kier alpha value is -1.03. The number of alkyl halides is 1. The summed E-state index contributed by atoms with van der Waals surface area (Å²) >= 11 is 3.65. The SMILES string of the molecule is O=C(NCC1CCCC(Br)C1)c1ccc(O)cc1. The van der Waals surface area contributed by atoms with Crippen LogP contribution in [0.2, 0.25) is 0 Å². The zero-order valence-electron chi connectivity index (χ0n) is 10.2. The molecule has 3 nitrogen and oxygen atoms in total. The van der Waals surface area contributed by atoms with Gasteiger partial charge in [0.15, 0.2) is 0 Å². The first kappa shape index (κ1) is 13.4. The molecule has 1 aromatic rings. The van der Waals surface area contributed by atoms with Crippen molar-refractivity contribution in [3.8, 4) is 5.75 Å². The summed E-state index contributed by atoms with van der Waals surface area (Å²) in [6, 6.07) is 6.34. The van der Waals surface area contributed by atoms with Crippen molar-refractivity contribution in [3.05, 3.63) is 29.8 Å². The van der Waals surface area contributed by atoms with E-state index in [9.17, 15) is 4.79 Å². The fourth-order valence-corrected chi connectivity index (χ4v) is 3.22. The van der Waals surface area contributed by atoms with E-state index in [0.717, 1.165) is 13.0 Å². The Balaban J connectivity index is 1.82. The predicted molar refractivity (Wildman–Crippen MR) is 75.1 cm³/mol. The Labute approximate surface area is 116 Å². The normalized spacial score (nSPS) is 23.6. The highest BCUT2D eigenvalue weighted by molar-refractivity contribution is 9.09. The van der Waals surface area contributed by atoms with E-state index in [0.29, 0.717) is 16.3 Å². The van der Waals surface area contributed by atoms with Crippen LogP contribution in [0.3, 0.4) is 0 Å². The van der Waals surface area contributed by atoms with Crippen molar-refractivity contribution in [2.45, 2.75) is 30.5 Å². The molecule has 0 bridgehead atoms. The summed E-state index contributed by atoms with van der Waals surface area (Å²) in [6.07, 6.45) is 4.80. The molecule has 1 aromatic carbocycles. The number of phenolic OH excluding ortho intramolecular Hbond substituents is 1. The molecule has 0 radical (unpaired) electrons. The molecule has 0 aliphatic heterocycles. The van der Waals surface area contributed by atoms with Crippen LogP contribution in [0.25, 0.3) is 0 Å². The average Bonchev–Trinajstić information content (AvgIpc) is 2.37. The topological polar surface area (TPSA) is 49.3 Å². The zero-order chi connectivity index (χ0) is 13.0. The van der Waals surface area contributed by atoms with Crippen LogP contribution in [0.5, 0.6) is 5.75 Å². The molecule has 1 fully saturated rings. The molecule has 2 atom stereocenters. The monoisotopic (exact) mass is 311 g/mol. The third kappa shape index (κ3) is 3.73. The van der Waals surface area contributed by atoms with Crippen LogP contribution in [0.4, 0.5) is 0 Å². The number of hydrogen-bond donors (Lipinski definition) is 2. The minimum absolute atomic E-state index is 0.0632. The minimum atomic E-state index is -0.0632. The molecule has 4 heteroatoms. The second kappa shape index (κ2) is 6.23. The molecule has 0 saturated heterocycles. The molecule has 0 spiro atoms. The molecular weight excluding hydrogens is 294 g/mol. The summed E-state index contributed by atoms with van der Waals surface area (Å²) in [6.45, 7) is 0.738. The molecule has 1 aliphatic rings. The van der Waals surface area contributed by atoms with Gasteiger partial charge in [-0.2, -0.15) is 0 Å². The van der Waals surface area contributed by atoms with Gasteiger partial charge in [-0.15, -0.1) is 0 Å². The lowest BCUT2D eigenvalue weighted by atomic mass is 9.89. The average molecular weight is 312 g/mol. The van der Waals surface area contributed by atoms with Gasteiger partial charge in [0, 0.05) is 16.9 Å². The number of rotatable bonds is 3. The summed E-state index contributed by atoms with van der Waals surface area (Å²) in [5.41, 5.74) is 0.596. The number of phenols is 1. The van der Waals surface area contributed by atoms with Crippen molar-refractivity contribution < 1.29 is 9.90 Å². The van der Waals surface area contributed by atoms with Crippen molar-refractivity contribution in [3.63, 3.8) is 0 Å². The molecule has 2 unspecified atom stereocenters. The third-order valence-electron chi connectivity index (χ3n) is 3.40. The van der Waals surface area contributed by atoms with Gasteiger partial charge in [-0.05, 0) is 49.4 Å². The van der Waals surface area contributed by atoms with Crippen LogP contribution in [0.15, 0.2) is 24.3 Å². The fraction of sp³-hybridized carbons (Fsp3) is 0.500. The quantitative estimate of drug-likeness (QED) is 0.843. The van der Waals surface area contributed by atoms with E-state index in [2.05, 4.69) is 21.2 Å². The maximum Gasteiger partial charge on any atom is 0.251 e. The van der Waals surface area contributed by atoms with Crippen molar-refractivity contribution in [2.24, 2.45) is 5.92 Å². The lowest BCUT2D eigenvalue weighted by molar-refractivity contribution is 0.0944. The Morgan fingerprint density at radius 1 is 1.33 bits per heavy atom. The molecule has 2 rings (SSSR count). The van der Waals surface area contributed by atoms with E-state index >= 15 is 0 Å². The first-order chi connectivity index (χ1) is 8.65. The highest BCUT2D eigenvalue weighted by atomic mass is 79.9. The molecule has 2 N–H and O–H groups in total. The molecule has 1 saturated carbocycles. The number of carbonyl (C=O) groups is 1. The maximum atomic E-state index is 11.9. The van der Waals surface area contributed by atoms with Crippen LogP contribution >= 0.6 is 15.9 Å². The Morgan fingerprint density at radius 3 is 2.72 bits per heavy atom. The second-order valence-corrected chi connectivity index (χ2v) is 6.18. The smallest absolute Gasteiger partial charge is 0.251 e. The van der Waals surface area contributed by atoms with Crippen LogP contribution in [-0.4, -0.2) is 22.4 Å². The first-order valence-electron chi connectivity index (χ1n) is 6.36. The number of halogens is 1. The summed E-state index contributed by atoms with van der Waals surface area (Å²) < 4.78 is 0. The van der Waals surface area contributed by atoms with Gasteiger partial charge in [-0.1, -0.05) is 22.4 Å². The lowest BCUT2D eigenvalue weighted by Gasteiger charge is -2.25. The van der Waals surface area contributed by atoms with E-state index < -0.39 is 0 Å². The van der Waals surface area contributed by atoms with Crippen molar-refractivity contribution >= 4 is 21.8 Å². The molecule has 18 heavy (non-hydrogen) atoms. The molecule has 1 aliphatic carbocycles.